The lowest BCUT2D eigenvalue weighted by atomic mass is 9.79. The fourth-order valence-electron chi connectivity index (χ4n) is 2.78. The average molecular weight is 348 g/mol. The molecule has 0 aromatic heterocycles. The van der Waals surface area contributed by atoms with Gasteiger partial charge in [-0.25, -0.2) is 0 Å². The molecule has 0 aliphatic carbocycles. The van der Waals surface area contributed by atoms with Crippen LogP contribution in [0.25, 0.3) is 0 Å². The summed E-state index contributed by atoms with van der Waals surface area (Å²) < 4.78 is 125. The van der Waals surface area contributed by atoms with Crippen molar-refractivity contribution in [2.45, 2.75) is 44.5 Å². The highest BCUT2D eigenvalue weighted by atomic mass is 16.5. The van der Waals surface area contributed by atoms with Gasteiger partial charge in [-0.2, -0.15) is 0 Å². The molecular formula is C19H27NO4. The number of fused-ring (bicyclic) bond motifs is 3. The maximum absolute atomic E-state index is 13.4. The van der Waals surface area contributed by atoms with Gasteiger partial charge in [0, 0.05) is 50.6 Å². The summed E-state index contributed by atoms with van der Waals surface area (Å²) in [6.07, 6.45) is -7.87. The Morgan fingerprint density at radius 1 is 1.42 bits per heavy atom. The van der Waals surface area contributed by atoms with E-state index in [-0.39, 0.29) is 27.5 Å². The van der Waals surface area contributed by atoms with Gasteiger partial charge in [0.15, 0.2) is 11.5 Å². The van der Waals surface area contributed by atoms with E-state index in [2.05, 4.69) is 0 Å². The summed E-state index contributed by atoms with van der Waals surface area (Å²) in [4.78, 5) is 13.7. The van der Waals surface area contributed by atoms with Crippen LogP contribution in [0, 0.1) is 5.92 Å². The van der Waals surface area contributed by atoms with E-state index in [9.17, 15) is 9.90 Å². The number of Topliss-reactive ketones (excluding diaryl/α,β-unsaturated/α-hetero) is 1. The molecule has 0 radical (unpaired) electrons. The van der Waals surface area contributed by atoms with E-state index in [0.29, 0.717) is 0 Å². The summed E-state index contributed by atoms with van der Waals surface area (Å²) in [5.41, 5.74) is -4.60. The van der Waals surface area contributed by atoms with Crippen molar-refractivity contribution >= 4 is 5.78 Å². The minimum Gasteiger partial charge on any atom is -0.493 e. The lowest BCUT2D eigenvalue weighted by Crippen LogP contribution is -2.47. The van der Waals surface area contributed by atoms with Gasteiger partial charge in [-0.3, -0.25) is 9.69 Å². The summed E-state index contributed by atoms with van der Waals surface area (Å²) >= 11 is 0. The van der Waals surface area contributed by atoms with Crippen molar-refractivity contribution in [1.82, 2.24) is 4.90 Å². The Morgan fingerprint density at radius 2 is 2.12 bits per heavy atom. The summed E-state index contributed by atoms with van der Waals surface area (Å²) in [5, 5.41) is 10.9. The molecule has 0 saturated carbocycles. The Hall–Kier alpha value is -1.59. The van der Waals surface area contributed by atoms with Crippen molar-refractivity contribution in [3.63, 3.8) is 0 Å². The van der Waals surface area contributed by atoms with Crippen LogP contribution < -0.4 is 9.47 Å². The number of rotatable bonds is 4. The number of aliphatic hydroxyl groups is 1. The molecule has 1 N–H and O–H groups in total. The number of piperidine rings is 1. The SMILES string of the molecule is [2H]C1([2H])[C@H](C([2H])([2H])C(O)(C([2H])([2H])[2H])C([2H])([2H])[2H])C(=O)C[C@H]2c3cc(OC)c(OC)cc3C([2H])([2H])C([2H])([2H])N21. The number of methoxy groups -OCH3 is 2. The fraction of sp³-hybridized carbons (Fsp3) is 0.632. The maximum Gasteiger partial charge on any atom is 0.161 e. The summed E-state index contributed by atoms with van der Waals surface area (Å²) in [6.45, 7) is -14.8. The molecule has 3 rings (SSSR count). The predicted molar refractivity (Wildman–Crippen MR) is 91.6 cm³/mol. The number of hydrogen-bond donors (Lipinski definition) is 1. The number of benzene rings is 1. The molecular weight excluding hydrogens is 306 g/mol. The van der Waals surface area contributed by atoms with E-state index >= 15 is 0 Å². The Bertz CT molecular complexity index is 1120. The largest absolute Gasteiger partial charge is 0.493 e. The minimum absolute atomic E-state index is 0.0270. The smallest absolute Gasteiger partial charge is 0.161 e. The number of ether oxygens (including phenoxy) is 2. The zero-order chi connectivity index (χ0) is 29.7. The van der Waals surface area contributed by atoms with Gasteiger partial charge < -0.3 is 14.6 Å². The Balaban J connectivity index is 2.34. The zero-order valence-electron chi connectivity index (χ0n) is 27.1. The van der Waals surface area contributed by atoms with Gasteiger partial charge in [0.25, 0.3) is 0 Å². The second-order valence-electron chi connectivity index (χ2n) is 5.50. The van der Waals surface area contributed by atoms with Crippen molar-refractivity contribution in [2.75, 3.05) is 27.2 Å². The molecule has 2 atom stereocenters. The molecule has 1 aromatic carbocycles. The minimum atomic E-state index is -4.25. The first kappa shape index (κ1) is 6.96. The highest BCUT2D eigenvalue weighted by molar-refractivity contribution is 5.83. The van der Waals surface area contributed by atoms with Gasteiger partial charge in [-0.1, -0.05) is 0 Å². The Kier molecular flexibility index (Phi) is 1.85. The molecule has 1 saturated heterocycles. The maximum atomic E-state index is 13.4. The summed E-state index contributed by atoms with van der Waals surface area (Å²) in [6, 6.07) is 0.849. The van der Waals surface area contributed by atoms with Crippen LogP contribution in [-0.4, -0.2) is 48.6 Å². The van der Waals surface area contributed by atoms with Crippen molar-refractivity contribution in [2.24, 2.45) is 5.92 Å². The van der Waals surface area contributed by atoms with Gasteiger partial charge >= 0.3 is 0 Å². The number of nitrogens with zero attached hydrogens (tertiary/aromatic N) is 1. The number of carbonyl (C=O) groups is 1. The third-order valence-electron chi connectivity index (χ3n) is 3.88. The molecule has 5 nitrogen and oxygen atoms in total. The van der Waals surface area contributed by atoms with Gasteiger partial charge in [-0.15, -0.1) is 0 Å². The molecule has 0 unspecified atom stereocenters. The van der Waals surface area contributed by atoms with Crippen LogP contribution in [0.1, 0.15) is 62.9 Å². The highest BCUT2D eigenvalue weighted by Gasteiger charge is 2.40. The molecule has 0 amide bonds. The zero-order valence-corrected chi connectivity index (χ0v) is 13.1. The second-order valence-corrected chi connectivity index (χ2v) is 5.50. The van der Waals surface area contributed by atoms with Crippen molar-refractivity contribution in [3.8, 4) is 11.5 Å². The second kappa shape index (κ2) is 6.37. The highest BCUT2D eigenvalue weighted by Crippen LogP contribution is 2.42. The monoisotopic (exact) mass is 347 g/mol. The first-order valence-electron chi connectivity index (χ1n) is 14.2. The van der Waals surface area contributed by atoms with E-state index in [1.54, 1.807) is 0 Å². The molecule has 2 heterocycles. The van der Waals surface area contributed by atoms with Crippen LogP contribution in [0.3, 0.4) is 0 Å². The van der Waals surface area contributed by atoms with Crippen LogP contribution >= 0.6 is 0 Å². The van der Waals surface area contributed by atoms with Crippen LogP contribution in [0.15, 0.2) is 12.1 Å². The third kappa shape index (κ3) is 3.28. The van der Waals surface area contributed by atoms with Crippen LogP contribution in [-0.2, 0) is 11.2 Å². The quantitative estimate of drug-likeness (QED) is 0.906. The van der Waals surface area contributed by atoms with E-state index in [4.69, 9.17) is 28.7 Å². The molecule has 2 aliphatic rings. The van der Waals surface area contributed by atoms with Crippen LogP contribution in [0.5, 0.6) is 11.5 Å². The van der Waals surface area contributed by atoms with Gasteiger partial charge in [-0.05, 0) is 49.7 Å². The third-order valence-corrected chi connectivity index (χ3v) is 3.88. The molecule has 1 aromatic rings. The molecule has 5 heteroatoms. The van der Waals surface area contributed by atoms with Crippen molar-refractivity contribution < 1.29 is 38.6 Å². The number of hydrogen-bond acceptors (Lipinski definition) is 5. The topological polar surface area (TPSA) is 59.0 Å². The first-order valence-corrected chi connectivity index (χ1v) is 7.18. The van der Waals surface area contributed by atoms with Crippen molar-refractivity contribution in [1.29, 1.82) is 0 Å². The van der Waals surface area contributed by atoms with E-state index < -0.39 is 69.2 Å². The molecule has 2 aliphatic heterocycles. The average Bonchev–Trinajstić information content (AvgIpc) is 2.73. The van der Waals surface area contributed by atoms with Crippen molar-refractivity contribution in [3.05, 3.63) is 23.3 Å². The summed E-state index contributed by atoms with van der Waals surface area (Å²) in [5.74, 6) is -4.09. The van der Waals surface area contributed by atoms with E-state index in [1.165, 1.54) is 20.3 Å². The lowest BCUT2D eigenvalue weighted by molar-refractivity contribution is -0.131. The van der Waals surface area contributed by atoms with E-state index in [0.717, 1.165) is 6.07 Å². The summed E-state index contributed by atoms with van der Waals surface area (Å²) in [7, 11) is 2.52. The number of carbonyl (C=O) groups excluding carboxylic acids is 1. The predicted octanol–water partition coefficient (Wildman–Crippen LogP) is 2.35. The normalized spacial score (nSPS) is 40.9. The molecule has 132 valence electrons. The molecule has 1 fully saturated rings. The van der Waals surface area contributed by atoms with Gasteiger partial charge in [0.1, 0.15) is 5.78 Å². The Morgan fingerprint density at radius 3 is 2.79 bits per heavy atom. The van der Waals surface area contributed by atoms with E-state index in [1.807, 2.05) is 0 Å². The molecule has 0 bridgehead atoms. The fourth-order valence-corrected chi connectivity index (χ4v) is 2.78. The molecule has 0 spiro atoms. The van der Waals surface area contributed by atoms with Crippen LogP contribution in [0.4, 0.5) is 0 Å². The number of aryl methyl sites for hydroxylation is 1. The lowest BCUT2D eigenvalue weighted by Gasteiger charge is -2.44. The van der Waals surface area contributed by atoms with Gasteiger partial charge in [0.05, 0.1) is 19.8 Å². The van der Waals surface area contributed by atoms with Gasteiger partial charge in [0.2, 0.25) is 0 Å². The number of ketones is 1. The standard InChI is InChI=1S/C19H27NO4/c1-19(2,22)10-13-11-20-6-5-12-7-17(23-3)18(24-4)8-14(12)15(20)9-16(13)21/h7-8,13,15,22H,5-6,9-11H2,1-4H3/t13-,15-/m0/s1/i1D3,2D3,5D2,6D2,10D2,11D2. The Labute approximate surface area is 163 Å². The van der Waals surface area contributed by atoms with Crippen LogP contribution in [0.2, 0.25) is 0 Å². The first-order chi connectivity index (χ1) is 16.9. The molecule has 24 heavy (non-hydrogen) atoms.